The van der Waals surface area contributed by atoms with E-state index in [2.05, 4.69) is 26.2 Å². The molecule has 0 saturated carbocycles. The zero-order valence-corrected chi connectivity index (χ0v) is 18.6. The van der Waals surface area contributed by atoms with E-state index in [1.54, 1.807) is 12.1 Å². The molecule has 3 heterocycles. The van der Waals surface area contributed by atoms with Crippen molar-refractivity contribution in [2.75, 3.05) is 44.7 Å². The normalized spacial score (nSPS) is 22.9. The van der Waals surface area contributed by atoms with Gasteiger partial charge in [0.25, 0.3) is 0 Å². The molecular weight excluding hydrogens is 412 g/mol. The van der Waals surface area contributed by atoms with E-state index < -0.39 is 0 Å². The average molecular weight is 443 g/mol. The summed E-state index contributed by atoms with van der Waals surface area (Å²) < 4.78 is 5.57. The van der Waals surface area contributed by atoms with Gasteiger partial charge in [0, 0.05) is 62.1 Å². The number of hydrogen-bond donors (Lipinski definition) is 1. The molecule has 0 bridgehead atoms. The molecule has 6 nitrogen and oxygen atoms in total. The van der Waals surface area contributed by atoms with Gasteiger partial charge in [0.1, 0.15) is 0 Å². The first-order valence-corrected chi connectivity index (χ1v) is 11.5. The van der Waals surface area contributed by atoms with Crippen molar-refractivity contribution in [1.82, 2.24) is 14.8 Å². The van der Waals surface area contributed by atoms with Crippen LogP contribution in [0.15, 0.2) is 48.7 Å². The number of halogens is 1. The van der Waals surface area contributed by atoms with Gasteiger partial charge in [-0.2, -0.15) is 0 Å². The Morgan fingerprint density at radius 2 is 1.94 bits per heavy atom. The van der Waals surface area contributed by atoms with Crippen LogP contribution in [0, 0.1) is 5.92 Å². The number of rotatable bonds is 7. The molecule has 1 aromatic heterocycles. The molecule has 4 rings (SSSR count). The Hall–Kier alpha value is -1.99. The summed E-state index contributed by atoms with van der Waals surface area (Å²) in [5.74, 6) is 0.511. The number of carbonyl (C=O) groups excluding carboxylic acids is 1. The van der Waals surface area contributed by atoms with Gasteiger partial charge in [0.05, 0.1) is 18.9 Å². The lowest BCUT2D eigenvalue weighted by Crippen LogP contribution is -2.54. The summed E-state index contributed by atoms with van der Waals surface area (Å²) in [4.78, 5) is 22.1. The fraction of sp³-hybridized carbons (Fsp3) is 0.500. The molecule has 2 aliphatic rings. The number of benzene rings is 1. The zero-order chi connectivity index (χ0) is 21.5. The lowest BCUT2D eigenvalue weighted by Gasteiger charge is -2.45. The highest BCUT2D eigenvalue weighted by Crippen LogP contribution is 2.28. The summed E-state index contributed by atoms with van der Waals surface area (Å²) >= 11 is 5.94. The van der Waals surface area contributed by atoms with Crippen LogP contribution >= 0.6 is 11.6 Å². The third-order valence-electron chi connectivity index (χ3n) is 6.27. The smallest absolute Gasteiger partial charge is 0.224 e. The van der Waals surface area contributed by atoms with Crippen LogP contribution < -0.4 is 5.32 Å². The van der Waals surface area contributed by atoms with Gasteiger partial charge in [0.15, 0.2) is 0 Å². The Morgan fingerprint density at radius 3 is 2.68 bits per heavy atom. The largest absolute Gasteiger partial charge is 0.379 e. The number of morpholine rings is 1. The maximum absolute atomic E-state index is 12.6. The number of anilines is 1. The van der Waals surface area contributed by atoms with Gasteiger partial charge in [-0.3, -0.25) is 19.6 Å². The number of nitrogens with zero attached hydrogens (tertiary/aromatic N) is 3. The summed E-state index contributed by atoms with van der Waals surface area (Å²) in [5, 5.41) is 3.67. The highest BCUT2D eigenvalue weighted by atomic mass is 35.5. The summed E-state index contributed by atoms with van der Waals surface area (Å²) in [6.07, 6.45) is 4.37. The van der Waals surface area contributed by atoms with Gasteiger partial charge in [-0.05, 0) is 55.2 Å². The van der Waals surface area contributed by atoms with Gasteiger partial charge in [-0.15, -0.1) is 0 Å². The molecule has 1 aromatic carbocycles. The highest BCUT2D eigenvalue weighted by Gasteiger charge is 2.34. The van der Waals surface area contributed by atoms with Crippen LogP contribution in [0.5, 0.6) is 0 Å². The summed E-state index contributed by atoms with van der Waals surface area (Å²) in [6, 6.07) is 13.9. The summed E-state index contributed by atoms with van der Waals surface area (Å²) in [6.45, 7) is 6.50. The number of amides is 1. The number of likely N-dealkylation sites (tertiary alicyclic amines) is 1. The molecule has 2 aliphatic heterocycles. The van der Waals surface area contributed by atoms with Crippen LogP contribution in [0.3, 0.4) is 0 Å². The van der Waals surface area contributed by atoms with Crippen molar-refractivity contribution in [2.45, 2.75) is 31.8 Å². The van der Waals surface area contributed by atoms with Gasteiger partial charge in [-0.1, -0.05) is 17.7 Å². The van der Waals surface area contributed by atoms with Crippen LogP contribution in [-0.4, -0.2) is 66.1 Å². The molecule has 1 N–H and O–H groups in total. The molecule has 2 aromatic rings. The van der Waals surface area contributed by atoms with E-state index in [1.165, 1.54) is 0 Å². The minimum atomic E-state index is 0.0601. The lowest BCUT2D eigenvalue weighted by molar-refractivity contribution is -0.116. The van der Waals surface area contributed by atoms with Crippen molar-refractivity contribution in [3.8, 4) is 0 Å². The number of aromatic nitrogens is 1. The van der Waals surface area contributed by atoms with E-state index in [0.717, 1.165) is 70.2 Å². The second kappa shape index (κ2) is 11.0. The average Bonchev–Trinajstić information content (AvgIpc) is 2.81. The topological polar surface area (TPSA) is 57.7 Å². The Balaban J connectivity index is 1.36. The van der Waals surface area contributed by atoms with Gasteiger partial charge in [0.2, 0.25) is 5.91 Å². The molecule has 1 amide bonds. The molecule has 166 valence electrons. The monoisotopic (exact) mass is 442 g/mol. The molecule has 31 heavy (non-hydrogen) atoms. The molecule has 2 fully saturated rings. The molecule has 7 heteroatoms. The van der Waals surface area contributed by atoms with Crippen LogP contribution in [0.1, 0.15) is 25.0 Å². The molecule has 0 aliphatic carbocycles. The van der Waals surface area contributed by atoms with Crippen LogP contribution in [0.25, 0.3) is 0 Å². The first kappa shape index (κ1) is 22.2. The number of ether oxygens (including phenoxy) is 1. The number of hydrogen-bond acceptors (Lipinski definition) is 5. The van der Waals surface area contributed by atoms with E-state index in [0.29, 0.717) is 23.4 Å². The van der Waals surface area contributed by atoms with E-state index in [9.17, 15) is 4.79 Å². The maximum atomic E-state index is 12.6. The molecule has 0 spiro atoms. The van der Waals surface area contributed by atoms with Gasteiger partial charge in [-0.25, -0.2) is 0 Å². The van der Waals surface area contributed by atoms with Crippen molar-refractivity contribution in [3.63, 3.8) is 0 Å². The third-order valence-corrected chi connectivity index (χ3v) is 6.53. The first-order valence-electron chi connectivity index (χ1n) is 11.2. The Labute approximate surface area is 189 Å². The third kappa shape index (κ3) is 6.50. The Kier molecular flexibility index (Phi) is 7.92. The van der Waals surface area contributed by atoms with Crippen molar-refractivity contribution in [2.24, 2.45) is 5.92 Å². The predicted octanol–water partition coefficient (Wildman–Crippen LogP) is 3.68. The fourth-order valence-electron chi connectivity index (χ4n) is 4.71. The summed E-state index contributed by atoms with van der Waals surface area (Å²) in [5.41, 5.74) is 1.89. The maximum Gasteiger partial charge on any atom is 0.224 e. The number of nitrogens with one attached hydrogen (secondary N) is 1. The second-order valence-electron chi connectivity index (χ2n) is 8.41. The van der Waals surface area contributed by atoms with Crippen molar-refractivity contribution in [3.05, 3.63) is 59.4 Å². The van der Waals surface area contributed by atoms with Gasteiger partial charge < -0.3 is 10.1 Å². The highest BCUT2D eigenvalue weighted by molar-refractivity contribution is 6.30. The van der Waals surface area contributed by atoms with Crippen molar-refractivity contribution in [1.29, 1.82) is 0 Å². The first-order chi connectivity index (χ1) is 15.2. The summed E-state index contributed by atoms with van der Waals surface area (Å²) in [7, 11) is 0. The van der Waals surface area contributed by atoms with Crippen LogP contribution in [-0.2, 0) is 16.1 Å². The molecule has 2 saturated heterocycles. The van der Waals surface area contributed by atoms with Crippen LogP contribution in [0.4, 0.5) is 5.69 Å². The van der Waals surface area contributed by atoms with Crippen molar-refractivity contribution < 1.29 is 9.53 Å². The van der Waals surface area contributed by atoms with Crippen molar-refractivity contribution >= 4 is 23.2 Å². The lowest BCUT2D eigenvalue weighted by atomic mass is 9.86. The molecular formula is C24H31ClN4O2. The number of carbonyl (C=O) groups is 1. The number of pyridine rings is 1. The Morgan fingerprint density at radius 1 is 1.13 bits per heavy atom. The minimum Gasteiger partial charge on any atom is -0.379 e. The molecule has 0 radical (unpaired) electrons. The van der Waals surface area contributed by atoms with Crippen LogP contribution in [0.2, 0.25) is 5.02 Å². The SMILES string of the molecule is O=C(CC[C@H]1CN(Cc2ccccn2)CC[C@H]1N1CCOCC1)Nc1ccc(Cl)cc1. The number of piperidine rings is 1. The zero-order valence-electron chi connectivity index (χ0n) is 17.9. The molecule has 2 atom stereocenters. The van der Waals surface area contributed by atoms with E-state index in [4.69, 9.17) is 16.3 Å². The second-order valence-corrected chi connectivity index (χ2v) is 8.85. The quantitative estimate of drug-likeness (QED) is 0.708. The standard InChI is InChI=1S/C24H31ClN4O2/c25-20-5-7-21(8-6-20)27-24(30)9-4-19-17-28(18-22-3-1-2-11-26-22)12-10-23(19)29-13-15-31-16-14-29/h1-3,5-8,11,19,23H,4,9-10,12-18H2,(H,27,30)/t19-,23+/m0/s1. The predicted molar refractivity (Wildman–Crippen MR) is 123 cm³/mol. The molecule has 0 unspecified atom stereocenters. The minimum absolute atomic E-state index is 0.0601. The van der Waals surface area contributed by atoms with Gasteiger partial charge >= 0.3 is 0 Å². The van der Waals surface area contributed by atoms with E-state index in [-0.39, 0.29) is 5.91 Å². The van der Waals surface area contributed by atoms with E-state index in [1.807, 2.05) is 30.5 Å². The van der Waals surface area contributed by atoms with E-state index >= 15 is 0 Å². The fourth-order valence-corrected chi connectivity index (χ4v) is 4.83. The Bertz CT molecular complexity index is 827.